The summed E-state index contributed by atoms with van der Waals surface area (Å²) in [6.07, 6.45) is 2.99. The van der Waals surface area contributed by atoms with E-state index in [4.69, 9.17) is 0 Å². The van der Waals surface area contributed by atoms with Gasteiger partial charge in [-0.1, -0.05) is 68.4 Å². The number of aliphatic carboxylic acids is 1. The maximum absolute atomic E-state index is 13.0. The van der Waals surface area contributed by atoms with Gasteiger partial charge in [-0.05, 0) is 40.8 Å². The van der Waals surface area contributed by atoms with Gasteiger partial charge < -0.3 is 15.3 Å². The third kappa shape index (κ3) is 4.88. The van der Waals surface area contributed by atoms with E-state index in [1.165, 1.54) is 17.3 Å². The second-order valence-corrected chi connectivity index (χ2v) is 9.52. The minimum absolute atomic E-state index is 0.222. The van der Waals surface area contributed by atoms with E-state index in [9.17, 15) is 19.5 Å². The van der Waals surface area contributed by atoms with Gasteiger partial charge in [-0.25, -0.2) is 9.78 Å². The van der Waals surface area contributed by atoms with Gasteiger partial charge in [0, 0.05) is 23.2 Å². The molecule has 0 spiro atoms. The summed E-state index contributed by atoms with van der Waals surface area (Å²) in [4.78, 5) is 47.6. The third-order valence-corrected chi connectivity index (χ3v) is 6.61. The molecular formula is C30H26N4O4. The van der Waals surface area contributed by atoms with Gasteiger partial charge >= 0.3 is 5.97 Å². The Bertz CT molecular complexity index is 1500. The summed E-state index contributed by atoms with van der Waals surface area (Å²) >= 11 is 0. The Morgan fingerprint density at radius 2 is 1.58 bits per heavy atom. The molecule has 2 N–H and O–H groups in total. The van der Waals surface area contributed by atoms with Crippen LogP contribution in [-0.4, -0.2) is 43.8 Å². The lowest BCUT2D eigenvalue weighted by Gasteiger charge is -2.27. The molecular weight excluding hydrogens is 480 g/mol. The predicted molar refractivity (Wildman–Crippen MR) is 143 cm³/mol. The molecule has 38 heavy (non-hydrogen) atoms. The molecule has 1 atom stereocenters. The van der Waals surface area contributed by atoms with Gasteiger partial charge in [0.2, 0.25) is 0 Å². The molecule has 1 aromatic heterocycles. The zero-order chi connectivity index (χ0) is 26.8. The topological polar surface area (TPSA) is 112 Å². The summed E-state index contributed by atoms with van der Waals surface area (Å²) in [7, 11) is 0. The van der Waals surface area contributed by atoms with Crippen LogP contribution in [-0.2, 0) is 11.3 Å². The lowest BCUT2D eigenvalue weighted by molar-refractivity contribution is -0.144. The predicted octanol–water partition coefficient (Wildman–Crippen LogP) is 5.13. The number of nitrogens with zero attached hydrogens (tertiary/aromatic N) is 3. The number of rotatable bonds is 7. The number of hydrogen-bond donors (Lipinski definition) is 2. The zero-order valence-corrected chi connectivity index (χ0v) is 21.0. The molecule has 190 valence electrons. The zero-order valence-electron chi connectivity index (χ0n) is 21.0. The molecule has 1 aliphatic heterocycles. The van der Waals surface area contributed by atoms with Crippen LogP contribution >= 0.6 is 0 Å². The van der Waals surface area contributed by atoms with Crippen molar-refractivity contribution in [3.63, 3.8) is 0 Å². The second-order valence-electron chi connectivity index (χ2n) is 9.52. The van der Waals surface area contributed by atoms with Gasteiger partial charge in [-0.3, -0.25) is 14.6 Å². The highest BCUT2D eigenvalue weighted by atomic mass is 16.4. The van der Waals surface area contributed by atoms with Gasteiger partial charge in [0.05, 0.1) is 18.1 Å². The van der Waals surface area contributed by atoms with Crippen molar-refractivity contribution in [3.8, 4) is 22.4 Å². The number of carboxylic acids is 1. The minimum atomic E-state index is -1.02. The number of amides is 2. The summed E-state index contributed by atoms with van der Waals surface area (Å²) in [5.41, 5.74) is 5.04. The smallest absolute Gasteiger partial charge is 0.326 e. The molecule has 0 aliphatic carbocycles. The maximum atomic E-state index is 13.0. The molecule has 2 amide bonds. The molecule has 0 fully saturated rings. The SMILES string of the molecule is CC(C)C(C(=O)O)N1Cc2ccc(-c3cnc(NC(=O)c4ccc(-c5ccccc5)cc4)cn3)cc2C1=O. The van der Waals surface area contributed by atoms with Gasteiger partial charge in [0.15, 0.2) is 5.82 Å². The number of carboxylic acid groups (broad SMARTS) is 1. The standard InChI is InChI=1S/C30H26N4O4/c1-18(2)27(30(37)38)34-17-23-13-12-22(14-24(23)29(34)36)25-15-32-26(16-31-25)33-28(35)21-10-8-20(9-11-21)19-6-4-3-5-7-19/h3-16,18,27H,17H2,1-2H3,(H,37,38)(H,32,33,35). The summed E-state index contributed by atoms with van der Waals surface area (Å²) in [5, 5.41) is 12.4. The number of carbonyl (C=O) groups excluding carboxylic acids is 2. The fourth-order valence-corrected chi connectivity index (χ4v) is 4.66. The van der Waals surface area contributed by atoms with Crippen molar-refractivity contribution in [2.45, 2.75) is 26.4 Å². The van der Waals surface area contributed by atoms with Crippen LogP contribution in [0.5, 0.6) is 0 Å². The molecule has 0 saturated carbocycles. The molecule has 4 aromatic rings. The molecule has 0 bridgehead atoms. The Labute approximate surface area is 220 Å². The van der Waals surface area contributed by atoms with Crippen molar-refractivity contribution < 1.29 is 19.5 Å². The van der Waals surface area contributed by atoms with Crippen molar-refractivity contribution in [3.05, 3.63) is 102 Å². The Morgan fingerprint density at radius 3 is 2.21 bits per heavy atom. The monoisotopic (exact) mass is 506 g/mol. The minimum Gasteiger partial charge on any atom is -0.480 e. The van der Waals surface area contributed by atoms with E-state index < -0.39 is 12.0 Å². The highest BCUT2D eigenvalue weighted by molar-refractivity contribution is 6.04. The fourth-order valence-electron chi connectivity index (χ4n) is 4.66. The number of aromatic nitrogens is 2. The molecule has 1 unspecified atom stereocenters. The first-order valence-corrected chi connectivity index (χ1v) is 12.3. The quantitative estimate of drug-likeness (QED) is 0.359. The molecule has 5 rings (SSSR count). The van der Waals surface area contributed by atoms with E-state index in [0.717, 1.165) is 16.7 Å². The first-order valence-electron chi connectivity index (χ1n) is 12.3. The van der Waals surface area contributed by atoms with E-state index >= 15 is 0 Å². The molecule has 0 radical (unpaired) electrons. The highest BCUT2D eigenvalue weighted by Gasteiger charge is 2.38. The Kier molecular flexibility index (Phi) is 6.70. The van der Waals surface area contributed by atoms with E-state index in [-0.39, 0.29) is 24.3 Å². The number of fused-ring (bicyclic) bond motifs is 1. The van der Waals surface area contributed by atoms with Crippen LogP contribution < -0.4 is 5.32 Å². The molecule has 0 saturated heterocycles. The third-order valence-electron chi connectivity index (χ3n) is 6.61. The molecule has 2 heterocycles. The first kappa shape index (κ1) is 24.8. The Balaban J connectivity index is 1.28. The van der Waals surface area contributed by atoms with E-state index in [1.807, 2.05) is 54.6 Å². The van der Waals surface area contributed by atoms with Crippen LogP contribution in [0.2, 0.25) is 0 Å². The van der Waals surface area contributed by atoms with Crippen LogP contribution in [0.25, 0.3) is 22.4 Å². The highest BCUT2D eigenvalue weighted by Crippen LogP contribution is 2.30. The van der Waals surface area contributed by atoms with Crippen molar-refractivity contribution in [2.24, 2.45) is 5.92 Å². The van der Waals surface area contributed by atoms with Crippen molar-refractivity contribution in [1.82, 2.24) is 14.9 Å². The Morgan fingerprint density at radius 1 is 0.895 bits per heavy atom. The van der Waals surface area contributed by atoms with Crippen LogP contribution in [0, 0.1) is 5.92 Å². The van der Waals surface area contributed by atoms with Crippen molar-refractivity contribution >= 4 is 23.6 Å². The number of carbonyl (C=O) groups is 3. The molecule has 1 aliphatic rings. The Hall–Kier alpha value is -4.85. The van der Waals surface area contributed by atoms with Crippen LogP contribution in [0.15, 0.2) is 85.2 Å². The van der Waals surface area contributed by atoms with Crippen molar-refractivity contribution in [1.29, 1.82) is 0 Å². The summed E-state index contributed by atoms with van der Waals surface area (Å²) < 4.78 is 0. The lowest BCUT2D eigenvalue weighted by Crippen LogP contribution is -2.44. The van der Waals surface area contributed by atoms with Crippen molar-refractivity contribution in [2.75, 3.05) is 5.32 Å². The molecule has 8 nitrogen and oxygen atoms in total. The van der Waals surface area contributed by atoms with E-state index in [1.54, 1.807) is 32.0 Å². The summed E-state index contributed by atoms with van der Waals surface area (Å²) in [6, 6.07) is 21.7. The molecule has 8 heteroatoms. The normalized spacial score (nSPS) is 13.3. The average Bonchev–Trinajstić information content (AvgIpc) is 3.24. The maximum Gasteiger partial charge on any atom is 0.326 e. The summed E-state index contributed by atoms with van der Waals surface area (Å²) in [6.45, 7) is 3.83. The number of benzene rings is 3. The largest absolute Gasteiger partial charge is 0.480 e. The van der Waals surface area contributed by atoms with Gasteiger partial charge in [0.1, 0.15) is 6.04 Å². The first-order chi connectivity index (χ1) is 18.3. The van der Waals surface area contributed by atoms with Crippen LogP contribution in [0.1, 0.15) is 40.1 Å². The fraction of sp³-hybridized carbons (Fsp3) is 0.167. The van der Waals surface area contributed by atoms with Crippen LogP contribution in [0.4, 0.5) is 5.82 Å². The number of anilines is 1. The molecule has 3 aromatic carbocycles. The van der Waals surface area contributed by atoms with Gasteiger partial charge in [0.25, 0.3) is 11.8 Å². The van der Waals surface area contributed by atoms with Crippen LogP contribution in [0.3, 0.4) is 0 Å². The second kappa shape index (κ2) is 10.3. The van der Waals surface area contributed by atoms with E-state index in [2.05, 4.69) is 15.3 Å². The van der Waals surface area contributed by atoms with E-state index in [0.29, 0.717) is 28.2 Å². The van der Waals surface area contributed by atoms with Gasteiger partial charge in [-0.15, -0.1) is 0 Å². The number of hydrogen-bond acceptors (Lipinski definition) is 5. The average molecular weight is 507 g/mol. The lowest BCUT2D eigenvalue weighted by atomic mass is 10.0. The van der Waals surface area contributed by atoms with Gasteiger partial charge in [-0.2, -0.15) is 0 Å². The summed E-state index contributed by atoms with van der Waals surface area (Å²) in [5.74, 6) is -1.54. The number of nitrogens with one attached hydrogen (secondary N) is 1.